The molecule has 0 amide bonds. The molecule has 4 nitrogen and oxygen atoms in total. The third-order valence-electron chi connectivity index (χ3n) is 4.10. The van der Waals surface area contributed by atoms with Crippen LogP contribution in [0.15, 0.2) is 24.3 Å². The molecule has 4 rings (SSSR count). The minimum Gasteiger partial charge on any atom is -0.454 e. The maximum atomic E-state index is 12.3. The number of carbonyl (C=O) groups is 1. The third kappa shape index (κ3) is 2.35. The average Bonchev–Trinajstić information content (AvgIpc) is 3.21. The second-order valence-corrected chi connectivity index (χ2v) is 6.71. The summed E-state index contributed by atoms with van der Waals surface area (Å²) in [6.07, 6.45) is 3.05. The number of aryl methyl sites for hydroxylation is 2. The van der Waals surface area contributed by atoms with Gasteiger partial charge in [0.05, 0.1) is 0 Å². The lowest BCUT2D eigenvalue weighted by atomic mass is 10.1. The lowest BCUT2D eigenvalue weighted by molar-refractivity contribution is 0.0343. The van der Waals surface area contributed by atoms with Gasteiger partial charge in [0, 0.05) is 4.88 Å². The van der Waals surface area contributed by atoms with Crippen molar-refractivity contribution in [1.29, 1.82) is 0 Å². The molecule has 0 N–H and O–H groups in total. The van der Waals surface area contributed by atoms with Gasteiger partial charge < -0.3 is 14.2 Å². The maximum absolute atomic E-state index is 12.3. The van der Waals surface area contributed by atoms with Gasteiger partial charge in [0.25, 0.3) is 0 Å². The SMILES string of the molecule is CC(OC(=O)c1cc2c(s1)CCC2)c1ccc2c(c1)OCO2. The Bertz CT molecular complexity index is 713. The first-order valence-electron chi connectivity index (χ1n) is 7.43. The molecule has 1 aliphatic heterocycles. The molecule has 1 atom stereocenters. The smallest absolute Gasteiger partial charge is 0.348 e. The number of esters is 1. The van der Waals surface area contributed by atoms with Crippen LogP contribution in [0.2, 0.25) is 0 Å². The summed E-state index contributed by atoms with van der Waals surface area (Å²) in [5, 5.41) is 0. The molecule has 22 heavy (non-hydrogen) atoms. The molecule has 2 heterocycles. The number of thiophene rings is 1. The van der Waals surface area contributed by atoms with Gasteiger partial charge in [-0.25, -0.2) is 4.79 Å². The van der Waals surface area contributed by atoms with Gasteiger partial charge in [-0.1, -0.05) is 6.07 Å². The molecule has 0 bridgehead atoms. The van der Waals surface area contributed by atoms with E-state index in [0.29, 0.717) is 10.6 Å². The Labute approximate surface area is 132 Å². The van der Waals surface area contributed by atoms with Gasteiger partial charge in [-0.15, -0.1) is 11.3 Å². The molecular formula is C17H16O4S. The van der Waals surface area contributed by atoms with Gasteiger partial charge in [-0.05, 0) is 55.5 Å². The van der Waals surface area contributed by atoms with Crippen LogP contribution in [-0.2, 0) is 17.6 Å². The molecule has 0 saturated heterocycles. The third-order valence-corrected chi connectivity index (χ3v) is 5.31. The lowest BCUT2D eigenvalue weighted by Gasteiger charge is -2.13. The van der Waals surface area contributed by atoms with Crippen molar-refractivity contribution < 1.29 is 19.0 Å². The van der Waals surface area contributed by atoms with Crippen LogP contribution in [0.4, 0.5) is 0 Å². The van der Waals surface area contributed by atoms with Crippen LogP contribution in [0.5, 0.6) is 11.5 Å². The highest BCUT2D eigenvalue weighted by molar-refractivity contribution is 7.14. The van der Waals surface area contributed by atoms with Crippen molar-refractivity contribution in [3.8, 4) is 11.5 Å². The van der Waals surface area contributed by atoms with Crippen molar-refractivity contribution in [2.45, 2.75) is 32.3 Å². The van der Waals surface area contributed by atoms with Crippen LogP contribution in [0.1, 0.15) is 45.1 Å². The van der Waals surface area contributed by atoms with Crippen LogP contribution >= 0.6 is 11.3 Å². The van der Waals surface area contributed by atoms with E-state index in [1.807, 2.05) is 31.2 Å². The van der Waals surface area contributed by atoms with Gasteiger partial charge in [0.15, 0.2) is 11.5 Å². The van der Waals surface area contributed by atoms with Crippen molar-refractivity contribution in [1.82, 2.24) is 0 Å². The molecule has 1 aliphatic carbocycles. The number of benzene rings is 1. The largest absolute Gasteiger partial charge is 0.454 e. The molecular weight excluding hydrogens is 300 g/mol. The molecule has 1 aromatic carbocycles. The van der Waals surface area contributed by atoms with Gasteiger partial charge in [0.1, 0.15) is 11.0 Å². The van der Waals surface area contributed by atoms with Gasteiger partial charge >= 0.3 is 5.97 Å². The van der Waals surface area contributed by atoms with E-state index in [0.717, 1.165) is 24.2 Å². The standard InChI is InChI=1S/C17H16O4S/c1-10(11-5-6-13-14(7-11)20-9-19-13)21-17(18)16-8-12-3-2-4-15(12)22-16/h5-8,10H,2-4,9H2,1H3. The molecule has 0 spiro atoms. The first kappa shape index (κ1) is 13.6. The number of ether oxygens (including phenoxy) is 3. The van der Waals surface area contributed by atoms with E-state index in [2.05, 4.69) is 0 Å². The molecule has 0 radical (unpaired) electrons. The summed E-state index contributed by atoms with van der Waals surface area (Å²) in [7, 11) is 0. The summed E-state index contributed by atoms with van der Waals surface area (Å²) in [6, 6.07) is 7.61. The highest BCUT2D eigenvalue weighted by Gasteiger charge is 2.22. The van der Waals surface area contributed by atoms with Crippen molar-refractivity contribution in [2.75, 3.05) is 6.79 Å². The fourth-order valence-electron chi connectivity index (χ4n) is 2.88. The second kappa shape index (κ2) is 5.32. The number of hydrogen-bond donors (Lipinski definition) is 0. The van der Waals surface area contributed by atoms with Crippen LogP contribution in [0.25, 0.3) is 0 Å². The molecule has 0 fully saturated rings. The van der Waals surface area contributed by atoms with Crippen LogP contribution in [-0.4, -0.2) is 12.8 Å². The van der Waals surface area contributed by atoms with E-state index >= 15 is 0 Å². The van der Waals surface area contributed by atoms with E-state index < -0.39 is 0 Å². The highest BCUT2D eigenvalue weighted by atomic mass is 32.1. The highest BCUT2D eigenvalue weighted by Crippen LogP contribution is 2.36. The van der Waals surface area contributed by atoms with Crippen molar-refractivity contribution in [3.05, 3.63) is 45.1 Å². The van der Waals surface area contributed by atoms with Gasteiger partial charge in [-0.3, -0.25) is 0 Å². The molecule has 5 heteroatoms. The van der Waals surface area contributed by atoms with E-state index in [-0.39, 0.29) is 18.9 Å². The van der Waals surface area contributed by atoms with Crippen molar-refractivity contribution >= 4 is 17.3 Å². The van der Waals surface area contributed by atoms with E-state index in [1.54, 1.807) is 11.3 Å². The molecule has 2 aliphatic rings. The normalized spacial score (nSPS) is 16.4. The Kier molecular flexibility index (Phi) is 3.30. The van der Waals surface area contributed by atoms with Crippen molar-refractivity contribution in [2.24, 2.45) is 0 Å². The predicted octanol–water partition coefficient (Wildman–Crippen LogP) is 3.88. The Morgan fingerprint density at radius 1 is 1.23 bits per heavy atom. The Morgan fingerprint density at radius 2 is 2.09 bits per heavy atom. The van der Waals surface area contributed by atoms with E-state index in [9.17, 15) is 4.79 Å². The zero-order chi connectivity index (χ0) is 15.1. The van der Waals surface area contributed by atoms with Crippen LogP contribution in [0, 0.1) is 0 Å². The van der Waals surface area contributed by atoms with Gasteiger partial charge in [-0.2, -0.15) is 0 Å². The van der Waals surface area contributed by atoms with Crippen LogP contribution in [0.3, 0.4) is 0 Å². The number of fused-ring (bicyclic) bond motifs is 2. The minimum atomic E-state index is -0.320. The zero-order valence-corrected chi connectivity index (χ0v) is 13.1. The summed E-state index contributed by atoms with van der Waals surface area (Å²) in [4.78, 5) is 14.3. The topological polar surface area (TPSA) is 44.8 Å². The van der Waals surface area contributed by atoms with E-state index in [4.69, 9.17) is 14.2 Å². The lowest BCUT2D eigenvalue weighted by Crippen LogP contribution is -2.08. The fourth-order valence-corrected chi connectivity index (χ4v) is 4.02. The molecule has 114 valence electrons. The number of carbonyl (C=O) groups excluding carboxylic acids is 1. The fraction of sp³-hybridized carbons (Fsp3) is 0.353. The quantitative estimate of drug-likeness (QED) is 0.806. The second-order valence-electron chi connectivity index (χ2n) is 5.57. The Hall–Kier alpha value is -2.01. The van der Waals surface area contributed by atoms with Gasteiger partial charge in [0.2, 0.25) is 6.79 Å². The van der Waals surface area contributed by atoms with Crippen LogP contribution < -0.4 is 9.47 Å². The molecule has 2 aromatic rings. The zero-order valence-electron chi connectivity index (χ0n) is 12.3. The Balaban J connectivity index is 1.48. The molecule has 1 unspecified atom stereocenters. The van der Waals surface area contributed by atoms with E-state index in [1.165, 1.54) is 16.9 Å². The predicted molar refractivity (Wildman–Crippen MR) is 82.7 cm³/mol. The first-order valence-corrected chi connectivity index (χ1v) is 8.24. The summed E-state index contributed by atoms with van der Waals surface area (Å²) in [5.74, 6) is 1.19. The summed E-state index contributed by atoms with van der Waals surface area (Å²) in [5.41, 5.74) is 2.22. The minimum absolute atomic E-state index is 0.244. The molecule has 1 aromatic heterocycles. The maximum Gasteiger partial charge on any atom is 0.348 e. The Morgan fingerprint density at radius 3 is 2.95 bits per heavy atom. The summed E-state index contributed by atoms with van der Waals surface area (Å²) < 4.78 is 16.2. The number of rotatable bonds is 3. The average molecular weight is 316 g/mol. The summed E-state index contributed by atoms with van der Waals surface area (Å²) in [6.45, 7) is 2.12. The summed E-state index contributed by atoms with van der Waals surface area (Å²) >= 11 is 1.57. The molecule has 0 saturated carbocycles. The van der Waals surface area contributed by atoms with Crippen molar-refractivity contribution in [3.63, 3.8) is 0 Å². The number of hydrogen-bond acceptors (Lipinski definition) is 5. The monoisotopic (exact) mass is 316 g/mol. The first-order chi connectivity index (χ1) is 10.7.